The summed E-state index contributed by atoms with van der Waals surface area (Å²) in [5.41, 5.74) is -0.0632. The molecule has 25 heavy (non-hydrogen) atoms. The molecule has 0 spiro atoms. The van der Waals surface area contributed by atoms with Gasteiger partial charge in [0.15, 0.2) is 0 Å². The summed E-state index contributed by atoms with van der Waals surface area (Å²) in [5, 5.41) is 15.0. The molecule has 0 aromatic heterocycles. The molecule has 1 aromatic rings. The highest BCUT2D eigenvalue weighted by Crippen LogP contribution is 2.21. The van der Waals surface area contributed by atoms with Crippen LogP contribution in [0.25, 0.3) is 0 Å². The summed E-state index contributed by atoms with van der Waals surface area (Å²) in [4.78, 5) is 26.3. The number of rotatable bonds is 6. The monoisotopic (exact) mass is 371 g/mol. The topological polar surface area (TPSA) is 81.7 Å². The molecule has 1 atom stereocenters. The quantitative estimate of drug-likeness (QED) is 0.698. The summed E-state index contributed by atoms with van der Waals surface area (Å²) in [7, 11) is 0. The van der Waals surface area contributed by atoms with Gasteiger partial charge in [-0.3, -0.25) is 14.5 Å². The van der Waals surface area contributed by atoms with E-state index in [1.54, 1.807) is 19.9 Å². The standard InChI is InChI=1S/C17H23ClFN3O3/c1-17(2,10-23)21-15(24)8-14-16(25)20-5-6-22(14)9-11-3-4-12(19)7-13(11)18/h3-4,7,14,23H,5-6,8-10H2,1-2H3,(H,20,25)(H,21,24). The molecular formula is C17H23ClFN3O3. The van der Waals surface area contributed by atoms with Crippen LogP contribution in [0, 0.1) is 5.82 Å². The summed E-state index contributed by atoms with van der Waals surface area (Å²) in [6, 6.07) is 3.48. The minimum Gasteiger partial charge on any atom is -0.394 e. The Bertz CT molecular complexity index is 654. The van der Waals surface area contributed by atoms with Gasteiger partial charge in [0.1, 0.15) is 5.82 Å². The van der Waals surface area contributed by atoms with Gasteiger partial charge >= 0.3 is 0 Å². The first-order chi connectivity index (χ1) is 11.7. The number of piperazine rings is 1. The first-order valence-corrected chi connectivity index (χ1v) is 8.47. The smallest absolute Gasteiger partial charge is 0.237 e. The number of aliphatic hydroxyl groups is 1. The molecule has 0 radical (unpaired) electrons. The molecule has 8 heteroatoms. The molecule has 0 saturated carbocycles. The average molecular weight is 372 g/mol. The first kappa shape index (κ1) is 19.6. The number of nitrogens with zero attached hydrogens (tertiary/aromatic N) is 1. The van der Waals surface area contributed by atoms with Crippen molar-refractivity contribution in [2.45, 2.75) is 38.4 Å². The molecule has 2 rings (SSSR count). The van der Waals surface area contributed by atoms with Crippen molar-refractivity contribution in [1.29, 1.82) is 0 Å². The number of carbonyl (C=O) groups excluding carboxylic acids is 2. The van der Waals surface area contributed by atoms with Crippen LogP contribution in [0.3, 0.4) is 0 Å². The van der Waals surface area contributed by atoms with Gasteiger partial charge in [-0.05, 0) is 31.5 Å². The zero-order valence-electron chi connectivity index (χ0n) is 14.3. The molecule has 1 unspecified atom stereocenters. The third-order valence-electron chi connectivity index (χ3n) is 4.08. The molecule has 0 aliphatic carbocycles. The van der Waals surface area contributed by atoms with Gasteiger partial charge in [-0.2, -0.15) is 0 Å². The first-order valence-electron chi connectivity index (χ1n) is 8.09. The normalized spacial score (nSPS) is 18.8. The molecule has 1 aromatic carbocycles. The average Bonchev–Trinajstić information content (AvgIpc) is 2.53. The second-order valence-corrected chi connectivity index (χ2v) is 7.21. The third kappa shape index (κ3) is 5.39. The van der Waals surface area contributed by atoms with E-state index in [4.69, 9.17) is 11.6 Å². The number of hydrogen-bond acceptors (Lipinski definition) is 4. The molecule has 2 amide bonds. The van der Waals surface area contributed by atoms with Crippen LogP contribution in [-0.4, -0.2) is 53.1 Å². The van der Waals surface area contributed by atoms with Gasteiger partial charge in [0.25, 0.3) is 0 Å². The van der Waals surface area contributed by atoms with E-state index in [2.05, 4.69) is 10.6 Å². The summed E-state index contributed by atoms with van der Waals surface area (Å²) in [5.74, 6) is -0.981. The minimum absolute atomic E-state index is 0.0337. The van der Waals surface area contributed by atoms with Crippen molar-refractivity contribution in [3.05, 3.63) is 34.6 Å². The van der Waals surface area contributed by atoms with Gasteiger partial charge in [-0.1, -0.05) is 17.7 Å². The van der Waals surface area contributed by atoms with Crippen LogP contribution >= 0.6 is 11.6 Å². The minimum atomic E-state index is -0.757. The van der Waals surface area contributed by atoms with Crippen molar-refractivity contribution in [3.8, 4) is 0 Å². The summed E-state index contributed by atoms with van der Waals surface area (Å²) in [6.07, 6.45) is -0.0337. The highest BCUT2D eigenvalue weighted by atomic mass is 35.5. The third-order valence-corrected chi connectivity index (χ3v) is 4.43. The van der Waals surface area contributed by atoms with E-state index in [-0.39, 0.29) is 29.9 Å². The van der Waals surface area contributed by atoms with Crippen molar-refractivity contribution in [2.75, 3.05) is 19.7 Å². The van der Waals surface area contributed by atoms with Gasteiger partial charge in [0, 0.05) is 24.7 Å². The van der Waals surface area contributed by atoms with Crippen LogP contribution in [0.2, 0.25) is 5.02 Å². The van der Waals surface area contributed by atoms with Gasteiger partial charge in [-0.25, -0.2) is 4.39 Å². The molecule has 3 N–H and O–H groups in total. The Morgan fingerprint density at radius 3 is 2.88 bits per heavy atom. The predicted octanol–water partition coefficient (Wildman–Crippen LogP) is 1.06. The molecule has 1 fully saturated rings. The lowest BCUT2D eigenvalue weighted by atomic mass is 10.0. The summed E-state index contributed by atoms with van der Waals surface area (Å²) >= 11 is 6.07. The van der Waals surface area contributed by atoms with Crippen LogP contribution in [0.15, 0.2) is 18.2 Å². The van der Waals surface area contributed by atoms with Crippen molar-refractivity contribution >= 4 is 23.4 Å². The van der Waals surface area contributed by atoms with Crippen molar-refractivity contribution in [2.24, 2.45) is 0 Å². The zero-order valence-corrected chi connectivity index (χ0v) is 15.1. The van der Waals surface area contributed by atoms with E-state index in [1.165, 1.54) is 12.1 Å². The molecule has 1 saturated heterocycles. The highest BCUT2D eigenvalue weighted by Gasteiger charge is 2.33. The second-order valence-electron chi connectivity index (χ2n) is 6.81. The predicted molar refractivity (Wildman–Crippen MR) is 92.5 cm³/mol. The lowest BCUT2D eigenvalue weighted by Gasteiger charge is -2.35. The fourth-order valence-corrected chi connectivity index (χ4v) is 2.91. The molecular weight excluding hydrogens is 349 g/mol. The maximum Gasteiger partial charge on any atom is 0.237 e. The van der Waals surface area contributed by atoms with E-state index in [9.17, 15) is 19.1 Å². The van der Waals surface area contributed by atoms with Crippen molar-refractivity contribution < 1.29 is 19.1 Å². The van der Waals surface area contributed by atoms with Crippen LogP contribution in [0.5, 0.6) is 0 Å². The number of nitrogens with one attached hydrogen (secondary N) is 2. The maximum absolute atomic E-state index is 13.2. The van der Waals surface area contributed by atoms with Crippen LogP contribution in [0.4, 0.5) is 4.39 Å². The fourth-order valence-electron chi connectivity index (χ4n) is 2.69. The lowest BCUT2D eigenvalue weighted by molar-refractivity contribution is -0.135. The van der Waals surface area contributed by atoms with Crippen LogP contribution in [0.1, 0.15) is 25.8 Å². The summed E-state index contributed by atoms with van der Waals surface area (Å²) < 4.78 is 13.2. The van der Waals surface area contributed by atoms with Gasteiger partial charge in [-0.15, -0.1) is 0 Å². The fraction of sp³-hybridized carbons (Fsp3) is 0.529. The second kappa shape index (κ2) is 8.12. The number of amides is 2. The molecule has 0 bridgehead atoms. The number of aliphatic hydroxyl groups excluding tert-OH is 1. The van der Waals surface area contributed by atoms with E-state index in [0.717, 1.165) is 0 Å². The van der Waals surface area contributed by atoms with Gasteiger partial charge in [0.05, 0.1) is 24.6 Å². The zero-order chi connectivity index (χ0) is 18.6. The Hall–Kier alpha value is -1.70. The molecule has 1 aliphatic heterocycles. The largest absolute Gasteiger partial charge is 0.394 e. The van der Waals surface area contributed by atoms with E-state index >= 15 is 0 Å². The molecule has 1 heterocycles. The van der Waals surface area contributed by atoms with E-state index in [0.29, 0.717) is 25.2 Å². The Labute approximate surface area is 151 Å². The molecule has 138 valence electrons. The van der Waals surface area contributed by atoms with Crippen LogP contribution < -0.4 is 10.6 Å². The Morgan fingerprint density at radius 1 is 1.52 bits per heavy atom. The molecule has 6 nitrogen and oxygen atoms in total. The van der Waals surface area contributed by atoms with Crippen LogP contribution in [-0.2, 0) is 16.1 Å². The maximum atomic E-state index is 13.2. The number of hydrogen-bond donors (Lipinski definition) is 3. The lowest BCUT2D eigenvalue weighted by Crippen LogP contribution is -2.57. The SMILES string of the molecule is CC(C)(CO)NC(=O)CC1C(=O)NCCN1Cc1ccc(F)cc1Cl. The highest BCUT2D eigenvalue weighted by molar-refractivity contribution is 6.31. The number of benzene rings is 1. The Morgan fingerprint density at radius 2 is 2.24 bits per heavy atom. The number of carbonyl (C=O) groups is 2. The van der Waals surface area contributed by atoms with Gasteiger partial charge in [0.2, 0.25) is 11.8 Å². The van der Waals surface area contributed by atoms with Crippen molar-refractivity contribution in [3.63, 3.8) is 0 Å². The summed E-state index contributed by atoms with van der Waals surface area (Å²) in [6.45, 7) is 4.56. The van der Waals surface area contributed by atoms with E-state index < -0.39 is 17.4 Å². The van der Waals surface area contributed by atoms with Gasteiger partial charge < -0.3 is 15.7 Å². The Kier molecular flexibility index (Phi) is 6.37. The molecule has 1 aliphatic rings. The Balaban J connectivity index is 2.10. The van der Waals surface area contributed by atoms with E-state index in [1.807, 2.05) is 4.90 Å². The van der Waals surface area contributed by atoms with Crippen molar-refractivity contribution in [1.82, 2.24) is 15.5 Å². The number of halogens is 2.